The number of nitrogens with one attached hydrogen (secondary N) is 2. The van der Waals surface area contributed by atoms with Crippen molar-refractivity contribution in [3.63, 3.8) is 0 Å². The Labute approximate surface area is 114 Å². The number of imidazole rings is 1. The smallest absolute Gasteiger partial charge is 0.118 e. The van der Waals surface area contributed by atoms with Gasteiger partial charge in [0.05, 0.1) is 7.11 Å². The molecule has 1 aromatic carbocycles. The van der Waals surface area contributed by atoms with E-state index in [0.29, 0.717) is 6.04 Å². The zero-order chi connectivity index (χ0) is 13.7. The van der Waals surface area contributed by atoms with Crippen LogP contribution >= 0.6 is 0 Å². The lowest BCUT2D eigenvalue weighted by Crippen LogP contribution is -2.20. The van der Waals surface area contributed by atoms with Crippen LogP contribution in [0.5, 0.6) is 5.75 Å². The number of H-pyrrole nitrogens is 1. The van der Waals surface area contributed by atoms with E-state index in [1.165, 1.54) is 5.56 Å². The fraction of sp³-hybridized carbons (Fsp3) is 0.400. The number of benzene rings is 1. The van der Waals surface area contributed by atoms with Crippen molar-refractivity contribution in [1.82, 2.24) is 15.3 Å². The molecule has 0 fully saturated rings. The monoisotopic (exact) mass is 259 g/mol. The highest BCUT2D eigenvalue weighted by atomic mass is 16.5. The largest absolute Gasteiger partial charge is 0.497 e. The van der Waals surface area contributed by atoms with Crippen molar-refractivity contribution in [3.8, 4) is 5.75 Å². The summed E-state index contributed by atoms with van der Waals surface area (Å²) >= 11 is 0. The molecule has 0 aliphatic carbocycles. The molecule has 1 aromatic heterocycles. The number of aromatic nitrogens is 2. The van der Waals surface area contributed by atoms with E-state index in [1.54, 1.807) is 7.11 Å². The molecule has 0 aliphatic heterocycles. The van der Waals surface area contributed by atoms with Crippen LogP contribution < -0.4 is 10.1 Å². The van der Waals surface area contributed by atoms with Gasteiger partial charge in [0, 0.05) is 24.5 Å². The maximum absolute atomic E-state index is 5.18. The molecule has 19 heavy (non-hydrogen) atoms. The average Bonchev–Trinajstić information content (AvgIpc) is 2.86. The number of ether oxygens (including phenoxy) is 1. The molecule has 0 saturated heterocycles. The highest BCUT2D eigenvalue weighted by molar-refractivity contribution is 5.29. The zero-order valence-electron chi connectivity index (χ0n) is 11.7. The molecule has 0 saturated carbocycles. The second-order valence-corrected chi connectivity index (χ2v) is 4.61. The van der Waals surface area contributed by atoms with Crippen LogP contribution in [-0.2, 0) is 6.54 Å². The van der Waals surface area contributed by atoms with Gasteiger partial charge in [0.1, 0.15) is 11.6 Å². The summed E-state index contributed by atoms with van der Waals surface area (Å²) in [5.41, 5.74) is 2.39. The van der Waals surface area contributed by atoms with Crippen molar-refractivity contribution in [2.24, 2.45) is 0 Å². The summed E-state index contributed by atoms with van der Waals surface area (Å²) in [5.74, 6) is 1.84. The second kappa shape index (κ2) is 6.38. The molecule has 1 atom stereocenters. The van der Waals surface area contributed by atoms with Crippen molar-refractivity contribution in [3.05, 3.63) is 47.5 Å². The van der Waals surface area contributed by atoms with Crippen LogP contribution in [0.2, 0.25) is 0 Å². The first-order valence-corrected chi connectivity index (χ1v) is 6.60. The van der Waals surface area contributed by atoms with E-state index < -0.39 is 0 Å². The van der Waals surface area contributed by atoms with Gasteiger partial charge in [-0.05, 0) is 31.0 Å². The lowest BCUT2D eigenvalue weighted by molar-refractivity contribution is 0.414. The predicted octanol–water partition coefficient (Wildman–Crippen LogP) is 2.97. The molecule has 1 heterocycles. The molecule has 2 aromatic rings. The summed E-state index contributed by atoms with van der Waals surface area (Å²) in [5, 5.41) is 3.54. The topological polar surface area (TPSA) is 49.9 Å². The molecule has 0 bridgehead atoms. The number of rotatable bonds is 6. The molecule has 0 spiro atoms. The first kappa shape index (κ1) is 13.6. The van der Waals surface area contributed by atoms with Crippen LogP contribution in [0.4, 0.5) is 0 Å². The van der Waals surface area contributed by atoms with Gasteiger partial charge >= 0.3 is 0 Å². The van der Waals surface area contributed by atoms with Crippen molar-refractivity contribution >= 4 is 0 Å². The van der Waals surface area contributed by atoms with Gasteiger partial charge in [0.25, 0.3) is 0 Å². The fourth-order valence-electron chi connectivity index (χ4n) is 2.13. The zero-order valence-corrected chi connectivity index (χ0v) is 11.7. The van der Waals surface area contributed by atoms with Gasteiger partial charge in [-0.2, -0.15) is 0 Å². The first-order valence-electron chi connectivity index (χ1n) is 6.60. The Morgan fingerprint density at radius 1 is 1.32 bits per heavy atom. The fourth-order valence-corrected chi connectivity index (χ4v) is 2.13. The van der Waals surface area contributed by atoms with Crippen LogP contribution in [-0.4, -0.2) is 17.1 Å². The normalized spacial score (nSPS) is 12.4. The Bertz CT molecular complexity index is 504. The van der Waals surface area contributed by atoms with Crippen LogP contribution in [0, 0.1) is 6.92 Å². The summed E-state index contributed by atoms with van der Waals surface area (Å²) in [6.07, 6.45) is 2.92. The van der Waals surface area contributed by atoms with Gasteiger partial charge in [0.2, 0.25) is 0 Å². The highest BCUT2D eigenvalue weighted by Crippen LogP contribution is 2.20. The van der Waals surface area contributed by atoms with E-state index in [2.05, 4.69) is 34.3 Å². The number of hydrogen-bond donors (Lipinski definition) is 2. The molecular formula is C15H21N3O. The van der Waals surface area contributed by atoms with Gasteiger partial charge in [0.15, 0.2) is 0 Å². The first-order chi connectivity index (χ1) is 9.22. The standard InChI is InChI=1S/C15H21N3O/c1-4-15(12-5-7-14(19-3)8-6-12)17-10-13-9-16-11(2)18-13/h5-9,15,17H,4,10H2,1-3H3,(H,16,18). The Balaban J connectivity index is 1.98. The van der Waals surface area contributed by atoms with E-state index >= 15 is 0 Å². The summed E-state index contributed by atoms with van der Waals surface area (Å²) in [6, 6.07) is 8.56. The molecule has 4 nitrogen and oxygen atoms in total. The van der Waals surface area contributed by atoms with Crippen LogP contribution in [0.25, 0.3) is 0 Å². The molecule has 2 N–H and O–H groups in total. The molecular weight excluding hydrogens is 238 g/mol. The molecule has 0 amide bonds. The number of hydrogen-bond acceptors (Lipinski definition) is 3. The van der Waals surface area contributed by atoms with E-state index in [4.69, 9.17) is 4.74 Å². The summed E-state index contributed by atoms with van der Waals surface area (Å²) < 4.78 is 5.18. The van der Waals surface area contributed by atoms with Gasteiger partial charge in [-0.3, -0.25) is 0 Å². The minimum Gasteiger partial charge on any atom is -0.497 e. The molecule has 2 rings (SSSR count). The third kappa shape index (κ3) is 3.58. The lowest BCUT2D eigenvalue weighted by Gasteiger charge is -2.17. The molecule has 0 radical (unpaired) electrons. The van der Waals surface area contributed by atoms with Crippen molar-refractivity contribution in [2.45, 2.75) is 32.9 Å². The van der Waals surface area contributed by atoms with Crippen molar-refractivity contribution < 1.29 is 4.74 Å². The number of nitrogens with zero attached hydrogens (tertiary/aromatic N) is 1. The predicted molar refractivity (Wildman–Crippen MR) is 76.2 cm³/mol. The van der Waals surface area contributed by atoms with Gasteiger partial charge in [-0.25, -0.2) is 4.98 Å². The van der Waals surface area contributed by atoms with E-state index in [-0.39, 0.29) is 0 Å². The van der Waals surface area contributed by atoms with E-state index in [1.807, 2.05) is 25.3 Å². The minimum atomic E-state index is 0.342. The molecule has 0 aliphatic rings. The minimum absolute atomic E-state index is 0.342. The quantitative estimate of drug-likeness (QED) is 0.838. The third-order valence-corrected chi connectivity index (χ3v) is 3.22. The maximum atomic E-state index is 5.18. The molecule has 1 unspecified atom stereocenters. The SMILES string of the molecule is CCC(NCc1cnc(C)[nH]1)c1ccc(OC)cc1. The number of methoxy groups -OCH3 is 1. The van der Waals surface area contributed by atoms with Gasteiger partial charge < -0.3 is 15.0 Å². The van der Waals surface area contributed by atoms with Crippen molar-refractivity contribution in [1.29, 1.82) is 0 Å². The highest BCUT2D eigenvalue weighted by Gasteiger charge is 2.09. The average molecular weight is 259 g/mol. The lowest BCUT2D eigenvalue weighted by atomic mass is 10.0. The third-order valence-electron chi connectivity index (χ3n) is 3.22. The van der Waals surface area contributed by atoms with Crippen molar-refractivity contribution in [2.75, 3.05) is 7.11 Å². The molecule has 102 valence electrons. The van der Waals surface area contributed by atoms with Gasteiger partial charge in [-0.1, -0.05) is 19.1 Å². The van der Waals surface area contributed by atoms with Gasteiger partial charge in [-0.15, -0.1) is 0 Å². The molecule has 4 heteroatoms. The summed E-state index contributed by atoms with van der Waals surface area (Å²) in [7, 11) is 1.69. The second-order valence-electron chi connectivity index (χ2n) is 4.61. The Morgan fingerprint density at radius 2 is 2.05 bits per heavy atom. The Hall–Kier alpha value is -1.81. The number of aromatic amines is 1. The van der Waals surface area contributed by atoms with Crippen LogP contribution in [0.15, 0.2) is 30.5 Å². The van der Waals surface area contributed by atoms with Crippen LogP contribution in [0.3, 0.4) is 0 Å². The van der Waals surface area contributed by atoms with E-state index in [9.17, 15) is 0 Å². The van der Waals surface area contributed by atoms with E-state index in [0.717, 1.165) is 30.2 Å². The maximum Gasteiger partial charge on any atom is 0.118 e. The summed E-state index contributed by atoms with van der Waals surface area (Å²) in [4.78, 5) is 7.44. The number of aryl methyl sites for hydroxylation is 1. The summed E-state index contributed by atoms with van der Waals surface area (Å²) in [6.45, 7) is 4.94. The Kier molecular flexibility index (Phi) is 4.58. The Morgan fingerprint density at radius 3 is 2.58 bits per heavy atom. The van der Waals surface area contributed by atoms with Crippen LogP contribution in [0.1, 0.15) is 36.5 Å².